The molecule has 0 unspecified atom stereocenters. The van der Waals surface area contributed by atoms with E-state index < -0.39 is 15.9 Å². The predicted octanol–water partition coefficient (Wildman–Crippen LogP) is 5.86. The first-order chi connectivity index (χ1) is 15.7. The van der Waals surface area contributed by atoms with E-state index in [0.29, 0.717) is 18.0 Å². The van der Waals surface area contributed by atoms with Gasteiger partial charge in [0.1, 0.15) is 0 Å². The zero-order chi connectivity index (χ0) is 24.0. The van der Waals surface area contributed by atoms with Crippen LogP contribution in [0.5, 0.6) is 5.75 Å². The third kappa shape index (κ3) is 6.26. The molecule has 0 heterocycles. The van der Waals surface area contributed by atoms with Gasteiger partial charge < -0.3 is 10.1 Å². The highest BCUT2D eigenvalue weighted by Crippen LogP contribution is 2.34. The number of benzene rings is 3. The lowest BCUT2D eigenvalue weighted by molar-refractivity contribution is 0.102. The van der Waals surface area contributed by atoms with Crippen molar-refractivity contribution in [3.05, 3.63) is 87.9 Å². The first kappa shape index (κ1) is 25.1. The molecule has 0 spiro atoms. The molecule has 0 radical (unpaired) electrons. The monoisotopic (exact) mass is 506 g/mol. The first-order valence-electron chi connectivity index (χ1n) is 10.3. The van der Waals surface area contributed by atoms with Crippen LogP contribution in [0.15, 0.2) is 71.6 Å². The van der Waals surface area contributed by atoms with Gasteiger partial charge in [-0.2, -0.15) is 4.31 Å². The fourth-order valence-electron chi connectivity index (χ4n) is 3.05. The summed E-state index contributed by atoms with van der Waals surface area (Å²) in [5.41, 5.74) is 1.58. The number of halogens is 2. The average Bonchev–Trinajstić information content (AvgIpc) is 2.79. The Bertz CT molecular complexity index is 1190. The van der Waals surface area contributed by atoms with Crippen LogP contribution in [-0.2, 0) is 16.6 Å². The fourth-order valence-corrected chi connectivity index (χ4v) is 4.81. The summed E-state index contributed by atoms with van der Waals surface area (Å²) >= 11 is 12.4. The van der Waals surface area contributed by atoms with Crippen molar-refractivity contribution in [2.45, 2.75) is 24.8 Å². The van der Waals surface area contributed by atoms with Gasteiger partial charge in [-0.25, -0.2) is 8.42 Å². The van der Waals surface area contributed by atoms with Gasteiger partial charge in [0.25, 0.3) is 5.91 Å². The molecule has 0 aliphatic rings. The van der Waals surface area contributed by atoms with Gasteiger partial charge in [0.15, 0.2) is 5.75 Å². The number of nitrogens with zero attached hydrogens (tertiary/aromatic N) is 1. The second kappa shape index (κ2) is 11.0. The molecular formula is C24H24Cl2N2O4S. The van der Waals surface area contributed by atoms with Gasteiger partial charge in [-0.15, -0.1) is 0 Å². The lowest BCUT2D eigenvalue weighted by Gasteiger charge is -2.17. The minimum absolute atomic E-state index is 0.127. The molecule has 9 heteroatoms. The summed E-state index contributed by atoms with van der Waals surface area (Å²) in [4.78, 5) is 12.8. The van der Waals surface area contributed by atoms with E-state index in [-0.39, 0.29) is 27.0 Å². The van der Waals surface area contributed by atoms with Crippen molar-refractivity contribution in [1.29, 1.82) is 0 Å². The van der Waals surface area contributed by atoms with Crippen molar-refractivity contribution in [3.63, 3.8) is 0 Å². The molecule has 3 aromatic carbocycles. The van der Waals surface area contributed by atoms with E-state index >= 15 is 0 Å². The summed E-state index contributed by atoms with van der Waals surface area (Å²) in [6.45, 7) is 2.67. The number of amides is 1. The quantitative estimate of drug-likeness (QED) is 0.394. The summed E-state index contributed by atoms with van der Waals surface area (Å²) in [6, 6.07) is 18.3. The Kier molecular flexibility index (Phi) is 8.37. The molecule has 6 nitrogen and oxygen atoms in total. The van der Waals surface area contributed by atoms with Crippen LogP contribution in [0.1, 0.15) is 29.3 Å². The van der Waals surface area contributed by atoms with Crippen LogP contribution in [-0.4, -0.2) is 32.3 Å². The molecule has 3 aromatic rings. The summed E-state index contributed by atoms with van der Waals surface area (Å²) < 4.78 is 32.5. The number of carbonyl (C=O) groups is 1. The number of sulfonamides is 1. The van der Waals surface area contributed by atoms with Crippen LogP contribution in [0.3, 0.4) is 0 Å². The smallest absolute Gasteiger partial charge is 0.255 e. The summed E-state index contributed by atoms with van der Waals surface area (Å²) in [7, 11) is -2.16. The van der Waals surface area contributed by atoms with Gasteiger partial charge >= 0.3 is 0 Å². The molecule has 0 saturated heterocycles. The average molecular weight is 507 g/mol. The van der Waals surface area contributed by atoms with Gasteiger partial charge in [-0.3, -0.25) is 4.79 Å². The van der Waals surface area contributed by atoms with Crippen molar-refractivity contribution in [2.75, 3.05) is 19.0 Å². The molecular weight excluding hydrogens is 483 g/mol. The lowest BCUT2D eigenvalue weighted by Crippen LogP contribution is -2.26. The van der Waals surface area contributed by atoms with Crippen molar-refractivity contribution in [2.24, 2.45) is 0 Å². The highest BCUT2D eigenvalue weighted by Gasteiger charge is 2.21. The van der Waals surface area contributed by atoms with E-state index in [9.17, 15) is 13.2 Å². The number of anilines is 1. The lowest BCUT2D eigenvalue weighted by atomic mass is 10.2. The zero-order valence-electron chi connectivity index (χ0n) is 18.2. The number of hydrogen-bond acceptors (Lipinski definition) is 4. The van der Waals surface area contributed by atoms with E-state index in [1.54, 1.807) is 0 Å². The van der Waals surface area contributed by atoms with Crippen molar-refractivity contribution >= 4 is 44.8 Å². The Morgan fingerprint density at radius 2 is 1.61 bits per heavy atom. The number of rotatable bonds is 9. The van der Waals surface area contributed by atoms with Gasteiger partial charge in [-0.05, 0) is 48.4 Å². The Morgan fingerprint density at radius 1 is 1.00 bits per heavy atom. The summed E-state index contributed by atoms with van der Waals surface area (Å²) in [5, 5.41) is 3.20. The Balaban J connectivity index is 1.70. The third-order valence-electron chi connectivity index (χ3n) is 4.78. The molecule has 33 heavy (non-hydrogen) atoms. The number of ether oxygens (including phenoxy) is 1. The van der Waals surface area contributed by atoms with Crippen molar-refractivity contribution in [1.82, 2.24) is 4.31 Å². The molecule has 1 N–H and O–H groups in total. The SMILES string of the molecule is CCCOc1c(Cl)cc(C(=O)Nc2ccc(S(=O)(=O)N(C)Cc3ccccc3)cc2)cc1Cl. The van der Waals surface area contributed by atoms with E-state index in [1.807, 2.05) is 37.3 Å². The molecule has 0 saturated carbocycles. The highest BCUT2D eigenvalue weighted by atomic mass is 35.5. The Hall–Kier alpha value is -2.58. The number of carbonyl (C=O) groups excluding carboxylic acids is 1. The molecule has 0 atom stereocenters. The minimum Gasteiger partial charge on any atom is -0.490 e. The summed E-state index contributed by atoms with van der Waals surface area (Å²) in [6.07, 6.45) is 0.794. The molecule has 0 aliphatic heterocycles. The minimum atomic E-state index is -3.69. The zero-order valence-corrected chi connectivity index (χ0v) is 20.5. The second-order valence-corrected chi connectivity index (χ2v) is 10.2. The highest BCUT2D eigenvalue weighted by molar-refractivity contribution is 7.89. The maximum Gasteiger partial charge on any atom is 0.255 e. The molecule has 0 bridgehead atoms. The standard InChI is InChI=1S/C24H24Cl2N2O4S/c1-3-13-32-23-21(25)14-18(15-22(23)26)24(29)27-19-9-11-20(12-10-19)33(30,31)28(2)16-17-7-5-4-6-8-17/h4-12,14-15H,3,13,16H2,1-2H3,(H,27,29). The van der Waals surface area contributed by atoms with Gasteiger partial charge in [0, 0.05) is 24.8 Å². The number of nitrogens with one attached hydrogen (secondary N) is 1. The molecule has 0 aliphatic carbocycles. The largest absolute Gasteiger partial charge is 0.490 e. The van der Waals surface area contributed by atoms with Crippen molar-refractivity contribution in [3.8, 4) is 5.75 Å². The van der Waals surface area contributed by atoms with Crippen LogP contribution < -0.4 is 10.1 Å². The fraction of sp³-hybridized carbons (Fsp3) is 0.208. The third-order valence-corrected chi connectivity index (χ3v) is 7.16. The molecule has 174 valence electrons. The molecule has 0 aromatic heterocycles. The predicted molar refractivity (Wildman–Crippen MR) is 132 cm³/mol. The first-order valence-corrected chi connectivity index (χ1v) is 12.5. The summed E-state index contributed by atoms with van der Waals surface area (Å²) in [5.74, 6) is -0.0939. The van der Waals surface area contributed by atoms with Crippen LogP contribution in [0, 0.1) is 0 Å². The molecule has 0 fully saturated rings. The Labute approximate surface area is 204 Å². The van der Waals surface area contributed by atoms with E-state index in [0.717, 1.165) is 12.0 Å². The second-order valence-electron chi connectivity index (χ2n) is 7.34. The molecule has 1 amide bonds. The van der Waals surface area contributed by atoms with E-state index in [2.05, 4.69) is 5.32 Å². The topological polar surface area (TPSA) is 75.7 Å². The normalized spacial score (nSPS) is 11.4. The van der Waals surface area contributed by atoms with Gasteiger partial charge in [0.2, 0.25) is 10.0 Å². The van der Waals surface area contributed by atoms with Crippen LogP contribution in [0.4, 0.5) is 5.69 Å². The van der Waals surface area contributed by atoms with E-state index in [4.69, 9.17) is 27.9 Å². The maximum absolute atomic E-state index is 12.9. The molecule has 3 rings (SSSR count). The maximum atomic E-state index is 12.9. The number of hydrogen-bond donors (Lipinski definition) is 1. The van der Waals surface area contributed by atoms with E-state index in [1.165, 1.54) is 47.8 Å². The van der Waals surface area contributed by atoms with Crippen LogP contribution in [0.25, 0.3) is 0 Å². The van der Waals surface area contributed by atoms with Crippen molar-refractivity contribution < 1.29 is 17.9 Å². The van der Waals surface area contributed by atoms with Gasteiger partial charge in [0.05, 0.1) is 21.5 Å². The van der Waals surface area contributed by atoms with Crippen LogP contribution >= 0.6 is 23.2 Å². The van der Waals surface area contributed by atoms with Gasteiger partial charge in [-0.1, -0.05) is 60.5 Å². The Morgan fingerprint density at radius 3 is 2.18 bits per heavy atom. The van der Waals surface area contributed by atoms with Crippen LogP contribution in [0.2, 0.25) is 10.0 Å².